The lowest BCUT2D eigenvalue weighted by molar-refractivity contribution is 0.296. The smallest absolute Gasteiger partial charge is 0.0438 e. The van der Waals surface area contributed by atoms with Crippen molar-refractivity contribution in [2.45, 2.75) is 12.8 Å². The molecule has 0 atom stereocenters. The average Bonchev–Trinajstić information content (AvgIpc) is 2.19. The highest BCUT2D eigenvalue weighted by Gasteiger charge is 1.91. The summed E-state index contributed by atoms with van der Waals surface area (Å²) in [5.74, 6) is 2.23. The van der Waals surface area contributed by atoms with Crippen LogP contribution < -0.4 is 0 Å². The summed E-state index contributed by atoms with van der Waals surface area (Å²) >= 11 is 1.91. The van der Waals surface area contributed by atoms with Crippen molar-refractivity contribution in [3.63, 3.8) is 0 Å². The van der Waals surface area contributed by atoms with Gasteiger partial charge in [-0.1, -0.05) is 30.3 Å². The molecule has 0 heterocycles. The van der Waals surface area contributed by atoms with Crippen molar-refractivity contribution in [3.05, 3.63) is 35.9 Å². The Hall–Kier alpha value is -0.470. The summed E-state index contributed by atoms with van der Waals surface area (Å²) in [6, 6.07) is 10.5. The minimum absolute atomic E-state index is 0.318. The molecular weight excluding hydrogens is 180 g/mol. The van der Waals surface area contributed by atoms with Crippen molar-refractivity contribution >= 4 is 11.8 Å². The molecule has 1 N–H and O–H groups in total. The molecule has 0 unspecified atom stereocenters. The van der Waals surface area contributed by atoms with E-state index in [-0.39, 0.29) is 0 Å². The molecule has 0 spiro atoms. The van der Waals surface area contributed by atoms with E-state index in [2.05, 4.69) is 24.3 Å². The number of hydrogen-bond acceptors (Lipinski definition) is 2. The van der Waals surface area contributed by atoms with Gasteiger partial charge >= 0.3 is 0 Å². The van der Waals surface area contributed by atoms with Crippen molar-refractivity contribution < 1.29 is 5.11 Å². The van der Waals surface area contributed by atoms with E-state index >= 15 is 0 Å². The fourth-order valence-electron chi connectivity index (χ4n) is 1.10. The van der Waals surface area contributed by atoms with Crippen LogP contribution in [0, 0.1) is 0 Å². The Labute approximate surface area is 84.2 Å². The van der Waals surface area contributed by atoms with Crippen molar-refractivity contribution in [2.24, 2.45) is 0 Å². The van der Waals surface area contributed by atoms with Crippen LogP contribution in [-0.4, -0.2) is 23.2 Å². The van der Waals surface area contributed by atoms with Crippen LogP contribution in [0.2, 0.25) is 0 Å². The zero-order valence-corrected chi connectivity index (χ0v) is 8.59. The zero-order chi connectivity index (χ0) is 9.36. The number of aliphatic hydroxyl groups excluding tert-OH is 1. The maximum atomic E-state index is 8.57. The molecule has 13 heavy (non-hydrogen) atoms. The van der Waals surface area contributed by atoms with Gasteiger partial charge in [-0.15, -0.1) is 0 Å². The van der Waals surface area contributed by atoms with Gasteiger partial charge in [0.05, 0.1) is 0 Å². The van der Waals surface area contributed by atoms with Gasteiger partial charge in [-0.05, 0) is 29.9 Å². The third kappa shape index (κ3) is 4.96. The fourth-order valence-corrected chi connectivity index (χ4v) is 2.02. The Morgan fingerprint density at radius 1 is 1.08 bits per heavy atom. The molecule has 0 fully saturated rings. The molecule has 0 aromatic heterocycles. The monoisotopic (exact) mass is 196 g/mol. The number of hydrogen-bond donors (Lipinski definition) is 1. The Bertz CT molecular complexity index is 211. The maximum Gasteiger partial charge on any atom is 0.0438 e. The van der Waals surface area contributed by atoms with Crippen molar-refractivity contribution in [2.75, 3.05) is 18.1 Å². The quantitative estimate of drug-likeness (QED) is 0.705. The molecule has 0 aliphatic carbocycles. The lowest BCUT2D eigenvalue weighted by Crippen LogP contribution is -1.91. The van der Waals surface area contributed by atoms with E-state index in [9.17, 15) is 0 Å². The topological polar surface area (TPSA) is 20.2 Å². The first-order valence-corrected chi connectivity index (χ1v) is 5.81. The van der Waals surface area contributed by atoms with Crippen molar-refractivity contribution in [1.29, 1.82) is 0 Å². The van der Waals surface area contributed by atoms with E-state index in [0.717, 1.165) is 24.3 Å². The van der Waals surface area contributed by atoms with E-state index < -0.39 is 0 Å². The second-order valence-corrected chi connectivity index (χ2v) is 4.15. The first kappa shape index (κ1) is 10.6. The molecule has 0 saturated carbocycles. The number of rotatable bonds is 6. The SMILES string of the molecule is OCCCSCCc1ccccc1. The van der Waals surface area contributed by atoms with E-state index in [1.165, 1.54) is 5.56 Å². The molecule has 1 rings (SSSR count). The molecule has 0 aliphatic rings. The minimum atomic E-state index is 0.318. The van der Waals surface area contributed by atoms with Gasteiger partial charge in [0.1, 0.15) is 0 Å². The lowest BCUT2D eigenvalue weighted by Gasteiger charge is -2.00. The number of thioether (sulfide) groups is 1. The molecule has 1 aromatic carbocycles. The maximum absolute atomic E-state index is 8.57. The summed E-state index contributed by atoms with van der Waals surface area (Å²) in [6.45, 7) is 0.318. The third-order valence-corrected chi connectivity index (χ3v) is 2.89. The van der Waals surface area contributed by atoms with Gasteiger partial charge in [0, 0.05) is 6.61 Å². The molecule has 2 heteroatoms. The van der Waals surface area contributed by atoms with Gasteiger partial charge in [-0.3, -0.25) is 0 Å². The molecule has 0 saturated heterocycles. The van der Waals surface area contributed by atoms with E-state index in [1.807, 2.05) is 17.8 Å². The van der Waals surface area contributed by atoms with Gasteiger partial charge in [0.15, 0.2) is 0 Å². The van der Waals surface area contributed by atoms with Crippen LogP contribution in [-0.2, 0) is 6.42 Å². The number of aliphatic hydroxyl groups is 1. The Morgan fingerprint density at radius 3 is 2.54 bits per heavy atom. The van der Waals surface area contributed by atoms with Crippen molar-refractivity contribution in [1.82, 2.24) is 0 Å². The zero-order valence-electron chi connectivity index (χ0n) is 7.78. The molecule has 0 aliphatic heterocycles. The summed E-state index contributed by atoms with van der Waals surface area (Å²) in [6.07, 6.45) is 2.05. The van der Waals surface area contributed by atoms with Crippen LogP contribution in [0.25, 0.3) is 0 Å². The molecule has 0 amide bonds. The summed E-state index contributed by atoms with van der Waals surface area (Å²) in [5.41, 5.74) is 1.40. The van der Waals surface area contributed by atoms with Gasteiger partial charge in [-0.2, -0.15) is 11.8 Å². The number of aryl methyl sites for hydroxylation is 1. The second-order valence-electron chi connectivity index (χ2n) is 2.93. The first-order valence-electron chi connectivity index (χ1n) is 4.66. The molecule has 1 nitrogen and oxygen atoms in total. The fraction of sp³-hybridized carbons (Fsp3) is 0.455. The Balaban J connectivity index is 2.07. The Kier molecular flexibility index (Phi) is 5.70. The summed E-state index contributed by atoms with van der Waals surface area (Å²) in [5, 5.41) is 8.57. The van der Waals surface area contributed by atoms with E-state index in [0.29, 0.717) is 6.61 Å². The first-order chi connectivity index (χ1) is 6.43. The predicted molar refractivity (Wildman–Crippen MR) is 59.2 cm³/mol. The van der Waals surface area contributed by atoms with Gasteiger partial charge < -0.3 is 5.11 Å². The van der Waals surface area contributed by atoms with Gasteiger partial charge in [0.25, 0.3) is 0 Å². The Morgan fingerprint density at radius 2 is 1.85 bits per heavy atom. The number of benzene rings is 1. The van der Waals surface area contributed by atoms with E-state index in [4.69, 9.17) is 5.11 Å². The van der Waals surface area contributed by atoms with Gasteiger partial charge in [0.2, 0.25) is 0 Å². The highest BCUT2D eigenvalue weighted by atomic mass is 32.2. The van der Waals surface area contributed by atoms with Crippen LogP contribution in [0.1, 0.15) is 12.0 Å². The standard InChI is InChI=1S/C11H16OS/c12-8-4-9-13-10-7-11-5-2-1-3-6-11/h1-3,5-6,12H,4,7-10H2. The minimum Gasteiger partial charge on any atom is -0.396 e. The highest BCUT2D eigenvalue weighted by Crippen LogP contribution is 2.07. The van der Waals surface area contributed by atoms with Crippen LogP contribution in [0.3, 0.4) is 0 Å². The average molecular weight is 196 g/mol. The molecule has 0 bridgehead atoms. The second kappa shape index (κ2) is 6.98. The molecule has 1 aromatic rings. The van der Waals surface area contributed by atoms with Crippen LogP contribution >= 0.6 is 11.8 Å². The largest absolute Gasteiger partial charge is 0.396 e. The molecular formula is C11H16OS. The van der Waals surface area contributed by atoms with Crippen LogP contribution in [0.4, 0.5) is 0 Å². The van der Waals surface area contributed by atoms with E-state index in [1.54, 1.807) is 0 Å². The van der Waals surface area contributed by atoms with Crippen LogP contribution in [0.15, 0.2) is 30.3 Å². The molecule has 0 radical (unpaired) electrons. The normalized spacial score (nSPS) is 10.2. The summed E-state index contributed by atoms with van der Waals surface area (Å²) in [4.78, 5) is 0. The predicted octanol–water partition coefficient (Wildman–Crippen LogP) is 2.34. The lowest BCUT2D eigenvalue weighted by atomic mass is 10.2. The summed E-state index contributed by atoms with van der Waals surface area (Å²) < 4.78 is 0. The summed E-state index contributed by atoms with van der Waals surface area (Å²) in [7, 11) is 0. The van der Waals surface area contributed by atoms with Crippen molar-refractivity contribution in [3.8, 4) is 0 Å². The third-order valence-electron chi connectivity index (χ3n) is 1.82. The highest BCUT2D eigenvalue weighted by molar-refractivity contribution is 7.99. The van der Waals surface area contributed by atoms with Gasteiger partial charge in [-0.25, -0.2) is 0 Å². The van der Waals surface area contributed by atoms with Crippen LogP contribution in [0.5, 0.6) is 0 Å². The molecule has 72 valence electrons.